The first-order valence-electron chi connectivity index (χ1n) is 5.68. The van der Waals surface area contributed by atoms with E-state index in [-0.39, 0.29) is 5.92 Å². The van der Waals surface area contributed by atoms with Crippen LogP contribution in [0.15, 0.2) is 24.3 Å². The summed E-state index contributed by atoms with van der Waals surface area (Å²) in [6.45, 7) is 3.15. The van der Waals surface area contributed by atoms with Gasteiger partial charge in [-0.25, -0.2) is 0 Å². The van der Waals surface area contributed by atoms with E-state index < -0.39 is 6.10 Å². The largest absolute Gasteiger partial charge is 0.388 e. The molecule has 90 valence electrons. The zero-order valence-corrected chi connectivity index (χ0v) is 10.0. The molecule has 3 N–H and O–H groups in total. The average molecular weight is 223 g/mol. The molecule has 0 amide bonds. The number of hydrogen-bond acceptors (Lipinski definition) is 3. The van der Waals surface area contributed by atoms with Crippen LogP contribution < -0.4 is 5.73 Å². The van der Waals surface area contributed by atoms with Crippen LogP contribution in [0.1, 0.15) is 30.6 Å². The van der Waals surface area contributed by atoms with Gasteiger partial charge >= 0.3 is 0 Å². The van der Waals surface area contributed by atoms with Crippen LogP contribution >= 0.6 is 0 Å². The molecule has 0 aliphatic rings. The Morgan fingerprint density at radius 2 is 1.94 bits per heavy atom. The Kier molecular flexibility index (Phi) is 5.46. The summed E-state index contributed by atoms with van der Waals surface area (Å²) in [6, 6.07) is 7.84. The van der Waals surface area contributed by atoms with E-state index in [1.54, 1.807) is 7.11 Å². The number of aliphatic hydroxyl groups is 1. The van der Waals surface area contributed by atoms with Crippen LogP contribution in [0.3, 0.4) is 0 Å². The molecule has 0 fully saturated rings. The van der Waals surface area contributed by atoms with E-state index in [0.29, 0.717) is 13.2 Å². The second-order valence-corrected chi connectivity index (χ2v) is 4.02. The molecule has 0 spiro atoms. The quantitative estimate of drug-likeness (QED) is 0.774. The van der Waals surface area contributed by atoms with Gasteiger partial charge in [0.1, 0.15) is 0 Å². The van der Waals surface area contributed by atoms with E-state index in [2.05, 4.69) is 0 Å². The van der Waals surface area contributed by atoms with Crippen molar-refractivity contribution in [2.24, 2.45) is 11.7 Å². The van der Waals surface area contributed by atoms with Crippen LogP contribution in [-0.4, -0.2) is 18.8 Å². The van der Waals surface area contributed by atoms with Gasteiger partial charge in [-0.3, -0.25) is 0 Å². The molecule has 0 bridgehead atoms. The number of methoxy groups -OCH3 is 1. The smallest absolute Gasteiger partial charge is 0.0830 e. The van der Waals surface area contributed by atoms with Crippen LogP contribution in [-0.2, 0) is 11.3 Å². The second kappa shape index (κ2) is 6.63. The summed E-state index contributed by atoms with van der Waals surface area (Å²) < 4.78 is 5.04. The summed E-state index contributed by atoms with van der Waals surface area (Å²) in [4.78, 5) is 0. The van der Waals surface area contributed by atoms with Gasteiger partial charge in [0, 0.05) is 13.0 Å². The Morgan fingerprint density at radius 3 is 2.38 bits per heavy atom. The first-order valence-corrected chi connectivity index (χ1v) is 5.68. The maximum Gasteiger partial charge on any atom is 0.0830 e. The molecule has 0 aliphatic carbocycles. The van der Waals surface area contributed by atoms with Crippen LogP contribution in [0.4, 0.5) is 0 Å². The molecule has 3 nitrogen and oxygen atoms in total. The lowest BCUT2D eigenvalue weighted by Gasteiger charge is -2.20. The third kappa shape index (κ3) is 3.30. The van der Waals surface area contributed by atoms with E-state index in [1.165, 1.54) is 0 Å². The van der Waals surface area contributed by atoms with Crippen molar-refractivity contribution in [1.82, 2.24) is 0 Å². The average Bonchev–Trinajstić information content (AvgIpc) is 2.32. The summed E-state index contributed by atoms with van der Waals surface area (Å²) in [5, 5.41) is 10.1. The fraction of sp³-hybridized carbons (Fsp3) is 0.538. The Balaban J connectivity index is 2.72. The maximum absolute atomic E-state index is 10.1. The Bertz CT molecular complexity index is 293. The fourth-order valence-electron chi connectivity index (χ4n) is 1.77. The summed E-state index contributed by atoms with van der Waals surface area (Å²) in [5.74, 6) is 0.133. The Morgan fingerprint density at radius 1 is 1.31 bits per heavy atom. The molecule has 0 radical (unpaired) electrons. The standard InChI is InChI=1S/C13H21NO2/c1-3-11(8-14)13(15)12-6-4-10(5-7-12)9-16-2/h4-7,11,13,15H,3,8-9,14H2,1-2H3. The van der Waals surface area contributed by atoms with Gasteiger partial charge in [0.25, 0.3) is 0 Å². The van der Waals surface area contributed by atoms with E-state index in [1.807, 2.05) is 31.2 Å². The van der Waals surface area contributed by atoms with Crippen molar-refractivity contribution in [1.29, 1.82) is 0 Å². The molecule has 0 saturated carbocycles. The number of nitrogens with two attached hydrogens (primary N) is 1. The minimum Gasteiger partial charge on any atom is -0.388 e. The lowest BCUT2D eigenvalue weighted by Crippen LogP contribution is -2.21. The molecular formula is C13H21NO2. The normalized spacial score (nSPS) is 14.8. The van der Waals surface area contributed by atoms with Crippen molar-refractivity contribution in [3.8, 4) is 0 Å². The van der Waals surface area contributed by atoms with Crippen molar-refractivity contribution >= 4 is 0 Å². The molecule has 16 heavy (non-hydrogen) atoms. The van der Waals surface area contributed by atoms with Crippen molar-refractivity contribution in [2.45, 2.75) is 26.1 Å². The molecule has 0 aromatic heterocycles. The van der Waals surface area contributed by atoms with Crippen molar-refractivity contribution < 1.29 is 9.84 Å². The van der Waals surface area contributed by atoms with Crippen LogP contribution in [0.2, 0.25) is 0 Å². The lowest BCUT2D eigenvalue weighted by atomic mass is 9.93. The summed E-state index contributed by atoms with van der Waals surface area (Å²) >= 11 is 0. The molecule has 1 aromatic rings. The molecule has 0 aliphatic heterocycles. The number of ether oxygens (including phenoxy) is 1. The predicted molar refractivity (Wildman–Crippen MR) is 65.0 cm³/mol. The highest BCUT2D eigenvalue weighted by atomic mass is 16.5. The molecule has 1 rings (SSSR count). The number of aliphatic hydroxyl groups excluding tert-OH is 1. The van der Waals surface area contributed by atoms with Crippen molar-refractivity contribution in [2.75, 3.05) is 13.7 Å². The summed E-state index contributed by atoms with van der Waals surface area (Å²) in [6.07, 6.45) is 0.420. The van der Waals surface area contributed by atoms with Crippen LogP contribution in [0.5, 0.6) is 0 Å². The van der Waals surface area contributed by atoms with E-state index >= 15 is 0 Å². The molecule has 0 heterocycles. The Hall–Kier alpha value is -0.900. The van der Waals surface area contributed by atoms with Gasteiger partial charge in [0.15, 0.2) is 0 Å². The van der Waals surface area contributed by atoms with Gasteiger partial charge in [-0.1, -0.05) is 31.2 Å². The van der Waals surface area contributed by atoms with Crippen molar-refractivity contribution in [3.63, 3.8) is 0 Å². The molecule has 2 atom stereocenters. The first kappa shape index (κ1) is 13.2. The van der Waals surface area contributed by atoms with E-state index in [9.17, 15) is 5.11 Å². The van der Waals surface area contributed by atoms with E-state index in [0.717, 1.165) is 17.5 Å². The van der Waals surface area contributed by atoms with Gasteiger partial charge in [-0.15, -0.1) is 0 Å². The third-order valence-electron chi connectivity index (χ3n) is 2.91. The first-order chi connectivity index (χ1) is 7.72. The van der Waals surface area contributed by atoms with E-state index in [4.69, 9.17) is 10.5 Å². The minimum absolute atomic E-state index is 0.133. The number of hydrogen-bond donors (Lipinski definition) is 2. The monoisotopic (exact) mass is 223 g/mol. The lowest BCUT2D eigenvalue weighted by molar-refractivity contribution is 0.110. The number of benzene rings is 1. The SMILES string of the molecule is CCC(CN)C(O)c1ccc(COC)cc1. The van der Waals surface area contributed by atoms with Crippen LogP contribution in [0, 0.1) is 5.92 Å². The second-order valence-electron chi connectivity index (χ2n) is 4.02. The van der Waals surface area contributed by atoms with Gasteiger partial charge in [-0.05, 0) is 24.1 Å². The molecule has 0 saturated heterocycles. The Labute approximate surface area is 97.2 Å². The van der Waals surface area contributed by atoms with Gasteiger partial charge < -0.3 is 15.6 Å². The zero-order valence-electron chi connectivity index (χ0n) is 10.0. The topological polar surface area (TPSA) is 55.5 Å². The van der Waals surface area contributed by atoms with Crippen LogP contribution in [0.25, 0.3) is 0 Å². The summed E-state index contributed by atoms with van der Waals surface area (Å²) in [5.41, 5.74) is 7.66. The highest BCUT2D eigenvalue weighted by molar-refractivity contribution is 5.24. The van der Waals surface area contributed by atoms with Gasteiger partial charge in [-0.2, -0.15) is 0 Å². The molecule has 1 aromatic carbocycles. The number of rotatable bonds is 6. The molecule has 2 unspecified atom stereocenters. The molecule has 3 heteroatoms. The summed E-state index contributed by atoms with van der Waals surface area (Å²) in [7, 11) is 1.67. The highest BCUT2D eigenvalue weighted by Gasteiger charge is 2.17. The highest BCUT2D eigenvalue weighted by Crippen LogP contribution is 2.24. The third-order valence-corrected chi connectivity index (χ3v) is 2.91. The minimum atomic E-state index is -0.466. The van der Waals surface area contributed by atoms with Gasteiger partial charge in [0.05, 0.1) is 12.7 Å². The predicted octanol–water partition coefficient (Wildman–Crippen LogP) is 1.85. The fourth-order valence-corrected chi connectivity index (χ4v) is 1.77. The zero-order chi connectivity index (χ0) is 12.0. The maximum atomic E-state index is 10.1. The van der Waals surface area contributed by atoms with Gasteiger partial charge in [0.2, 0.25) is 0 Å². The van der Waals surface area contributed by atoms with Crippen molar-refractivity contribution in [3.05, 3.63) is 35.4 Å². The molecular weight excluding hydrogens is 202 g/mol.